The zero-order chi connectivity index (χ0) is 38.0. The van der Waals surface area contributed by atoms with Gasteiger partial charge in [-0.05, 0) is 95.8 Å². The number of fused-ring (bicyclic) bond motifs is 8. The van der Waals surface area contributed by atoms with E-state index in [1.165, 1.54) is 27.7 Å². The third kappa shape index (κ3) is 6.51. The highest BCUT2D eigenvalue weighted by Gasteiger charge is 2.41. The van der Waals surface area contributed by atoms with Crippen molar-refractivity contribution in [3.63, 3.8) is 0 Å². The molecule has 2 N–H and O–H groups in total. The van der Waals surface area contributed by atoms with Gasteiger partial charge in [0, 0.05) is 33.4 Å². The summed E-state index contributed by atoms with van der Waals surface area (Å²) in [6.07, 6.45) is 0. The molecule has 0 saturated heterocycles. The van der Waals surface area contributed by atoms with Crippen LogP contribution in [0.2, 0.25) is 0 Å². The minimum absolute atomic E-state index is 0.167. The average molecular weight is 703 g/mol. The van der Waals surface area contributed by atoms with Crippen molar-refractivity contribution >= 4 is 33.1 Å². The molecule has 0 radical (unpaired) electrons. The van der Waals surface area contributed by atoms with Gasteiger partial charge in [0.1, 0.15) is 11.6 Å². The summed E-state index contributed by atoms with van der Waals surface area (Å²) in [6.45, 7) is 6.11. The molecule has 0 heterocycles. The summed E-state index contributed by atoms with van der Waals surface area (Å²) >= 11 is 0. The molecule has 0 unspecified atom stereocenters. The van der Waals surface area contributed by atoms with Crippen molar-refractivity contribution in [3.8, 4) is 45.9 Å². The molecule has 2 aliphatic rings. The smallest absolute Gasteiger partial charge is 0.178 e. The highest BCUT2D eigenvalue weighted by atomic mass is 16.3. The minimum atomic E-state index is -1.40. The van der Waals surface area contributed by atoms with Crippen LogP contribution in [0.15, 0.2) is 146 Å². The Balaban J connectivity index is 0.000000515. The minimum Gasteiger partial charge on any atom is -0.369 e. The van der Waals surface area contributed by atoms with Crippen LogP contribution in [-0.2, 0) is 20.8 Å². The maximum Gasteiger partial charge on any atom is 0.178 e. The number of aliphatic hydroxyl groups is 2. The largest absolute Gasteiger partial charge is 0.369 e. The summed E-state index contributed by atoms with van der Waals surface area (Å²) < 4.78 is 0. The topological polar surface area (TPSA) is 74.6 Å². The first kappa shape index (κ1) is 35.8. The molecule has 9 rings (SSSR count). The first-order valence-electron chi connectivity index (χ1n) is 17.8. The van der Waals surface area contributed by atoms with Crippen LogP contribution in [0.5, 0.6) is 0 Å². The highest BCUT2D eigenvalue weighted by Crippen LogP contribution is 2.48. The van der Waals surface area contributed by atoms with Gasteiger partial charge in [-0.3, -0.25) is 0 Å². The van der Waals surface area contributed by atoms with Crippen LogP contribution in [0.3, 0.4) is 0 Å². The van der Waals surface area contributed by atoms with Crippen molar-refractivity contribution < 1.29 is 19.8 Å². The number of rotatable bonds is 0. The molecule has 7 aromatic rings. The molecule has 7 aromatic carbocycles. The number of carbonyl (C=O) groups excluding carboxylic acids is 2. The number of Topliss-reactive ketones (excluding diaryl/α,β-unsaturated/α-hetero) is 2. The lowest BCUT2D eigenvalue weighted by Gasteiger charge is -2.19. The Hall–Kier alpha value is -6.56. The van der Waals surface area contributed by atoms with Crippen LogP contribution in [0.1, 0.15) is 61.1 Å². The second kappa shape index (κ2) is 14.5. The van der Waals surface area contributed by atoms with Gasteiger partial charge in [0.25, 0.3) is 0 Å². The van der Waals surface area contributed by atoms with Gasteiger partial charge in [-0.15, -0.1) is 0 Å². The number of hydrogen-bond donors (Lipinski definition) is 2. The first-order valence-corrected chi connectivity index (χ1v) is 17.8. The molecule has 0 aliphatic heterocycles. The Bertz CT molecular complexity index is 2460. The first-order chi connectivity index (χ1) is 26.0. The summed E-state index contributed by atoms with van der Waals surface area (Å²) in [4.78, 5) is 18.9. The van der Waals surface area contributed by atoms with Gasteiger partial charge in [0.2, 0.25) is 0 Å². The van der Waals surface area contributed by atoms with Crippen molar-refractivity contribution in [1.82, 2.24) is 0 Å². The van der Waals surface area contributed by atoms with Crippen molar-refractivity contribution in [1.29, 1.82) is 0 Å². The van der Waals surface area contributed by atoms with E-state index >= 15 is 0 Å². The van der Waals surface area contributed by atoms with Crippen molar-refractivity contribution in [2.45, 2.75) is 38.9 Å². The molecule has 0 spiro atoms. The SMILES string of the molecule is CC(C)=O.CC(C)=O.OC1(C#Cc2cccc3cc4c(C#CC5(O)c6ccccc6-c6ccccc65)cccc4cc23)c2ccccc2-c2ccccc21. The van der Waals surface area contributed by atoms with E-state index in [0.717, 1.165) is 77.2 Å². The van der Waals surface area contributed by atoms with Gasteiger partial charge in [-0.25, -0.2) is 0 Å². The second-order valence-corrected chi connectivity index (χ2v) is 13.8. The molecule has 54 heavy (non-hydrogen) atoms. The summed E-state index contributed by atoms with van der Waals surface area (Å²) in [5.74, 6) is 13.6. The van der Waals surface area contributed by atoms with Gasteiger partial charge in [-0.2, -0.15) is 0 Å². The molecule has 0 saturated carbocycles. The summed E-state index contributed by atoms with van der Waals surface area (Å²) in [6, 6.07) is 48.3. The van der Waals surface area contributed by atoms with Gasteiger partial charge in [0.05, 0.1) is 0 Å². The lowest BCUT2D eigenvalue weighted by Crippen LogP contribution is -2.22. The number of benzene rings is 7. The van der Waals surface area contributed by atoms with E-state index in [1.807, 2.05) is 121 Å². The summed E-state index contributed by atoms with van der Waals surface area (Å²) in [5, 5.41) is 28.1. The van der Waals surface area contributed by atoms with Crippen LogP contribution < -0.4 is 0 Å². The van der Waals surface area contributed by atoms with E-state index < -0.39 is 11.2 Å². The molecule has 0 fully saturated rings. The molecule has 0 bridgehead atoms. The summed E-state index contributed by atoms with van der Waals surface area (Å²) in [7, 11) is 0. The molecule has 0 aromatic heterocycles. The van der Waals surface area contributed by atoms with Crippen LogP contribution in [-0.4, -0.2) is 21.8 Å². The van der Waals surface area contributed by atoms with Gasteiger partial charge in [0.15, 0.2) is 11.2 Å². The Kier molecular flexibility index (Phi) is 9.59. The van der Waals surface area contributed by atoms with Gasteiger partial charge >= 0.3 is 0 Å². The van der Waals surface area contributed by atoms with Crippen LogP contribution in [0.25, 0.3) is 43.8 Å². The number of hydrogen-bond acceptors (Lipinski definition) is 4. The molecular weight excluding hydrogens is 665 g/mol. The van der Waals surface area contributed by atoms with Gasteiger partial charge in [-0.1, -0.05) is 145 Å². The second-order valence-electron chi connectivity index (χ2n) is 13.8. The average Bonchev–Trinajstić information content (AvgIpc) is 3.58. The van der Waals surface area contributed by atoms with Crippen molar-refractivity contribution in [2.24, 2.45) is 0 Å². The normalized spacial score (nSPS) is 13.1. The van der Waals surface area contributed by atoms with Crippen molar-refractivity contribution in [3.05, 3.63) is 179 Å². The fourth-order valence-corrected chi connectivity index (χ4v) is 7.28. The zero-order valence-electron chi connectivity index (χ0n) is 30.6. The molecule has 4 nitrogen and oxygen atoms in total. The van der Waals surface area contributed by atoms with Gasteiger partial charge < -0.3 is 19.8 Å². The molecule has 262 valence electrons. The van der Waals surface area contributed by atoms with Crippen LogP contribution >= 0.6 is 0 Å². The van der Waals surface area contributed by atoms with E-state index in [-0.39, 0.29) is 11.6 Å². The Morgan fingerprint density at radius 3 is 1.00 bits per heavy atom. The zero-order valence-corrected chi connectivity index (χ0v) is 30.6. The molecule has 4 heteroatoms. The Labute approximate surface area is 315 Å². The monoisotopic (exact) mass is 702 g/mol. The predicted molar refractivity (Wildman–Crippen MR) is 218 cm³/mol. The quantitative estimate of drug-likeness (QED) is 0.122. The highest BCUT2D eigenvalue weighted by molar-refractivity contribution is 6.03. The van der Waals surface area contributed by atoms with E-state index in [4.69, 9.17) is 0 Å². The van der Waals surface area contributed by atoms with Crippen molar-refractivity contribution in [2.75, 3.05) is 0 Å². The lowest BCUT2D eigenvalue weighted by molar-refractivity contribution is -0.115. The third-order valence-electron chi connectivity index (χ3n) is 9.48. The maximum atomic E-state index is 12.0. The lowest BCUT2D eigenvalue weighted by atomic mass is 9.90. The molecule has 2 aliphatic carbocycles. The predicted octanol–water partition coefficient (Wildman–Crippen LogP) is 9.72. The number of carbonyl (C=O) groups is 2. The van der Waals surface area contributed by atoms with E-state index in [2.05, 4.69) is 47.9 Å². The van der Waals surface area contributed by atoms with Crippen LogP contribution in [0, 0.1) is 23.7 Å². The van der Waals surface area contributed by atoms with E-state index in [0.29, 0.717) is 0 Å². The third-order valence-corrected chi connectivity index (χ3v) is 9.48. The van der Waals surface area contributed by atoms with E-state index in [9.17, 15) is 19.8 Å². The molecular formula is C50H38O4. The van der Waals surface area contributed by atoms with E-state index in [1.54, 1.807) is 0 Å². The number of ketones is 2. The van der Waals surface area contributed by atoms with Crippen LogP contribution in [0.4, 0.5) is 0 Å². The fraction of sp³-hybridized carbons (Fsp3) is 0.120. The molecule has 0 amide bonds. The fourth-order valence-electron chi connectivity index (χ4n) is 7.28. The Morgan fingerprint density at radius 2 is 0.704 bits per heavy atom. The molecule has 0 atom stereocenters. The summed E-state index contributed by atoms with van der Waals surface area (Å²) in [5.41, 5.74) is 6.21. The standard InChI is InChI=1S/C44H26O2.2C3H6O/c45-43(39-19-5-1-15-33(39)34-16-2-6-20-40(34)43)25-23-29-11-9-13-31-28-38-30(12-10-14-32(38)27-37(29)31)24-26-44(46)41-21-7-3-17-35(41)36-18-4-8-22-42(36)44;2*1-3(2)4/h1-22,27-28,45-46H;2*1-2H3. The maximum absolute atomic E-state index is 12.0. The Morgan fingerprint density at radius 1 is 0.426 bits per heavy atom.